The van der Waals surface area contributed by atoms with Crippen LogP contribution in [0.2, 0.25) is 6.04 Å². The molecule has 1 fully saturated rings. The Kier molecular flexibility index (Phi) is 15.3. The molecule has 0 spiro atoms. The average Bonchev–Trinajstić information content (AvgIpc) is 2.74. The normalized spacial score (nSPS) is 20.0. The second-order valence-corrected chi connectivity index (χ2v) is 23.5. The summed E-state index contributed by atoms with van der Waals surface area (Å²) in [5.74, 6) is -0.811. The minimum Gasteiger partial charge on any atom is -0.428 e. The molecule has 8 heteroatoms. The van der Waals surface area contributed by atoms with Crippen molar-refractivity contribution < 1.29 is 23.4 Å². The molecule has 1 atom stereocenters. The minimum absolute atomic E-state index is 0.241. The third-order valence-electron chi connectivity index (χ3n) is 5.77. The van der Waals surface area contributed by atoms with Gasteiger partial charge in [-0.3, -0.25) is 0 Å². The van der Waals surface area contributed by atoms with E-state index < -0.39 is 19.5 Å². The van der Waals surface area contributed by atoms with Crippen molar-refractivity contribution in [3.8, 4) is 0 Å². The van der Waals surface area contributed by atoms with Crippen molar-refractivity contribution >= 4 is 26.1 Å². The second kappa shape index (κ2) is 16.1. The van der Waals surface area contributed by atoms with Gasteiger partial charge in [0.25, 0.3) is 0 Å². The van der Waals surface area contributed by atoms with Gasteiger partial charge < -0.3 is 23.4 Å². The molecule has 0 saturated carbocycles. The zero-order valence-corrected chi connectivity index (χ0v) is 23.9. The van der Waals surface area contributed by atoms with Crippen LogP contribution in [0.1, 0.15) is 86.0 Å². The summed E-state index contributed by atoms with van der Waals surface area (Å²) in [6, 6.07) is 1.14. The molecular weight excluding hydrogens is 416 g/mol. The number of ether oxygens (including phenoxy) is 4. The third-order valence-corrected chi connectivity index (χ3v) is 25.0. The Bertz CT molecular complexity index is 375. The lowest BCUT2D eigenvalue weighted by Gasteiger charge is -2.51. The van der Waals surface area contributed by atoms with Crippen LogP contribution in [0.5, 0.6) is 0 Å². The van der Waals surface area contributed by atoms with Gasteiger partial charge in [0.1, 0.15) is 17.6 Å². The molecule has 1 unspecified atom stereocenters. The fourth-order valence-electron chi connectivity index (χ4n) is 3.79. The number of unbranched alkanes of at least 4 members (excludes halogenated alkanes) is 4. The molecule has 174 valence electrons. The largest absolute Gasteiger partial charge is 0.428 e. The van der Waals surface area contributed by atoms with Crippen LogP contribution in [0.15, 0.2) is 0 Å². The first-order chi connectivity index (χ1) is 14.1. The predicted octanol–water partition coefficient (Wildman–Crippen LogP) is 3.13. The Hall–Kier alpha value is 0.451. The van der Waals surface area contributed by atoms with Crippen molar-refractivity contribution in [3.63, 3.8) is 0 Å². The molecule has 0 amide bonds. The lowest BCUT2D eigenvalue weighted by molar-refractivity contribution is -0.371. The monoisotopic (exact) mass is 464 g/mol. The number of rotatable bonds is 18. The molecule has 0 N–H and O–H groups in total. The molecule has 1 saturated heterocycles. The second-order valence-electron chi connectivity index (χ2n) is 8.31. The number of hydrogen-bond acceptors (Lipinski definition) is 5. The highest BCUT2D eigenvalue weighted by Crippen LogP contribution is 2.38. The van der Waals surface area contributed by atoms with Gasteiger partial charge in [0.2, 0.25) is 5.79 Å². The zero-order valence-electron chi connectivity index (χ0n) is 19.9. The van der Waals surface area contributed by atoms with Gasteiger partial charge in [-0.05, 0) is 38.7 Å². The SMILES string of the molecule is CCCCOC(C)(OCCCC)C(OCCCC)(OCCCC)[SiH]1CCO[SiH2][SiH2]1. The van der Waals surface area contributed by atoms with E-state index in [1.54, 1.807) is 0 Å². The minimum atomic E-state index is -1.31. The molecule has 0 aromatic heterocycles. The molecule has 1 heterocycles. The molecule has 0 aromatic carbocycles. The van der Waals surface area contributed by atoms with Gasteiger partial charge in [0.05, 0.1) is 13.2 Å². The van der Waals surface area contributed by atoms with E-state index in [-0.39, 0.29) is 17.8 Å². The first-order valence-electron chi connectivity index (χ1n) is 12.2. The van der Waals surface area contributed by atoms with E-state index in [9.17, 15) is 0 Å². The molecule has 1 aliphatic rings. The highest BCUT2D eigenvalue weighted by Gasteiger charge is 2.58. The van der Waals surface area contributed by atoms with Gasteiger partial charge in [0, 0.05) is 28.4 Å². The highest BCUT2D eigenvalue weighted by atomic mass is 29.5. The quantitative estimate of drug-likeness (QED) is 0.177. The fraction of sp³-hybridized carbons (Fsp3) is 1.00. The van der Waals surface area contributed by atoms with E-state index in [1.165, 1.54) is 0 Å². The van der Waals surface area contributed by atoms with Crippen LogP contribution >= 0.6 is 0 Å². The Balaban J connectivity index is 3.22. The fourth-order valence-corrected chi connectivity index (χ4v) is 24.4. The van der Waals surface area contributed by atoms with Gasteiger partial charge in [0.15, 0.2) is 5.41 Å². The Morgan fingerprint density at radius 3 is 1.59 bits per heavy atom. The summed E-state index contributed by atoms with van der Waals surface area (Å²) >= 11 is 0. The average molecular weight is 465 g/mol. The predicted molar refractivity (Wildman–Crippen MR) is 130 cm³/mol. The van der Waals surface area contributed by atoms with Crippen LogP contribution in [0.25, 0.3) is 0 Å². The van der Waals surface area contributed by atoms with Gasteiger partial charge in [-0.1, -0.05) is 53.4 Å². The molecule has 29 heavy (non-hydrogen) atoms. The maximum atomic E-state index is 6.77. The summed E-state index contributed by atoms with van der Waals surface area (Å²) < 4.78 is 32.6. The molecule has 0 bridgehead atoms. The van der Waals surface area contributed by atoms with E-state index in [0.717, 1.165) is 77.2 Å². The maximum absolute atomic E-state index is 6.77. The van der Waals surface area contributed by atoms with Crippen molar-refractivity contribution in [1.29, 1.82) is 0 Å². The molecule has 5 nitrogen and oxygen atoms in total. The van der Waals surface area contributed by atoms with Crippen molar-refractivity contribution in [2.75, 3.05) is 33.0 Å². The van der Waals surface area contributed by atoms with E-state index in [4.69, 9.17) is 23.4 Å². The summed E-state index contributed by atoms with van der Waals surface area (Å²) in [6.07, 6.45) is 8.64. The van der Waals surface area contributed by atoms with Crippen molar-refractivity contribution in [2.24, 2.45) is 0 Å². The number of hydrogen-bond donors (Lipinski definition) is 0. The van der Waals surface area contributed by atoms with Crippen LogP contribution in [0.3, 0.4) is 0 Å². The van der Waals surface area contributed by atoms with E-state index in [1.807, 2.05) is 0 Å². The lowest BCUT2D eigenvalue weighted by Crippen LogP contribution is -2.71. The highest BCUT2D eigenvalue weighted by molar-refractivity contribution is 7.35. The maximum Gasteiger partial charge on any atom is 0.215 e. The van der Waals surface area contributed by atoms with E-state index in [2.05, 4.69) is 34.6 Å². The standard InChI is InChI=1S/C21H48O5Si3/c1-6-10-14-22-20(5,23-15-11-7-2)21(24-16-12-8-3,25-17-13-9-4)29-19-18-26-27-28-29/h29H,6-19,27-28H2,1-5H3. The summed E-state index contributed by atoms with van der Waals surface area (Å²) in [5, 5.41) is 0. The van der Waals surface area contributed by atoms with Gasteiger partial charge >= 0.3 is 0 Å². The molecule has 1 rings (SSSR count). The summed E-state index contributed by atoms with van der Waals surface area (Å²) in [7, 11) is -1.90. The Labute approximate surface area is 185 Å². The topological polar surface area (TPSA) is 46.2 Å². The first kappa shape index (κ1) is 27.5. The van der Waals surface area contributed by atoms with Crippen molar-refractivity contribution in [3.05, 3.63) is 0 Å². The first-order valence-corrected chi connectivity index (χ1v) is 21.5. The Morgan fingerprint density at radius 1 is 0.759 bits per heavy atom. The molecule has 0 aliphatic carbocycles. The summed E-state index contributed by atoms with van der Waals surface area (Å²) in [5.41, 5.74) is -0.665. The zero-order chi connectivity index (χ0) is 21.4. The van der Waals surface area contributed by atoms with Crippen molar-refractivity contribution in [1.82, 2.24) is 0 Å². The summed E-state index contributed by atoms with van der Waals surface area (Å²) in [6.45, 7) is 14.7. The molecular formula is C21H48O5Si3. The van der Waals surface area contributed by atoms with Crippen LogP contribution < -0.4 is 0 Å². The lowest BCUT2D eigenvalue weighted by atomic mass is 10.2. The van der Waals surface area contributed by atoms with Crippen molar-refractivity contribution in [2.45, 2.75) is 103 Å². The molecule has 0 aromatic rings. The van der Waals surface area contributed by atoms with Gasteiger partial charge in [-0.15, -0.1) is 0 Å². The van der Waals surface area contributed by atoms with Crippen LogP contribution in [-0.4, -0.2) is 70.4 Å². The van der Waals surface area contributed by atoms with Gasteiger partial charge in [-0.2, -0.15) is 0 Å². The third kappa shape index (κ3) is 8.84. The molecule has 1 aliphatic heterocycles. The smallest absolute Gasteiger partial charge is 0.215 e. The molecule has 0 radical (unpaired) electrons. The van der Waals surface area contributed by atoms with Gasteiger partial charge in [-0.25, -0.2) is 0 Å². The van der Waals surface area contributed by atoms with E-state index >= 15 is 0 Å². The van der Waals surface area contributed by atoms with Crippen LogP contribution in [0, 0.1) is 0 Å². The Morgan fingerprint density at radius 2 is 1.21 bits per heavy atom. The van der Waals surface area contributed by atoms with Crippen LogP contribution in [0.4, 0.5) is 0 Å². The summed E-state index contributed by atoms with van der Waals surface area (Å²) in [4.78, 5) is 0. The van der Waals surface area contributed by atoms with E-state index in [0.29, 0.717) is 13.2 Å². The van der Waals surface area contributed by atoms with Crippen LogP contribution in [-0.2, 0) is 23.4 Å².